The summed E-state index contributed by atoms with van der Waals surface area (Å²) in [6.45, 7) is 5.41. The van der Waals surface area contributed by atoms with Gasteiger partial charge in [0.25, 0.3) is 0 Å². The molecule has 1 aliphatic heterocycles. The Morgan fingerprint density at radius 1 is 1.47 bits per heavy atom. The second kappa shape index (κ2) is 5.19. The van der Waals surface area contributed by atoms with Gasteiger partial charge in [-0.25, -0.2) is 9.97 Å². The first-order valence-corrected chi connectivity index (χ1v) is 5.52. The summed E-state index contributed by atoms with van der Waals surface area (Å²) in [6, 6.07) is 0. The molecule has 0 unspecified atom stereocenters. The highest BCUT2D eigenvalue weighted by Gasteiger charge is 2.14. The minimum Gasteiger partial charge on any atom is -0.375 e. The summed E-state index contributed by atoms with van der Waals surface area (Å²) in [5.41, 5.74) is 3.46. The Morgan fingerprint density at radius 3 is 3.27 bits per heavy atom. The Balaban J connectivity index is 2.09. The highest BCUT2D eigenvalue weighted by Crippen LogP contribution is 2.14. The van der Waals surface area contributed by atoms with E-state index in [1.165, 1.54) is 11.3 Å². The number of nitrogens with zero attached hydrogens (tertiary/aromatic N) is 2. The molecule has 2 rings (SSSR count). The number of ether oxygens (including phenoxy) is 1. The lowest BCUT2D eigenvalue weighted by Gasteiger charge is -2.18. The molecular formula is C11H17N3O. The zero-order chi connectivity index (χ0) is 10.5. The van der Waals surface area contributed by atoms with Gasteiger partial charge in [-0.1, -0.05) is 6.92 Å². The van der Waals surface area contributed by atoms with E-state index in [-0.39, 0.29) is 0 Å². The number of rotatable bonds is 4. The van der Waals surface area contributed by atoms with E-state index in [2.05, 4.69) is 22.2 Å². The molecule has 0 saturated heterocycles. The number of fused-ring (bicyclic) bond motifs is 1. The average molecular weight is 207 g/mol. The maximum absolute atomic E-state index is 5.52. The largest absolute Gasteiger partial charge is 0.375 e. The van der Waals surface area contributed by atoms with Crippen molar-refractivity contribution in [2.45, 2.75) is 32.9 Å². The fraction of sp³-hybridized carbons (Fsp3) is 0.636. The Bertz CT molecular complexity index is 328. The summed E-state index contributed by atoms with van der Waals surface area (Å²) in [4.78, 5) is 8.59. The van der Waals surface area contributed by atoms with Crippen LogP contribution in [0.4, 0.5) is 0 Å². The summed E-state index contributed by atoms with van der Waals surface area (Å²) in [7, 11) is 0. The summed E-state index contributed by atoms with van der Waals surface area (Å²) in [5.74, 6) is 0. The fourth-order valence-electron chi connectivity index (χ4n) is 1.77. The van der Waals surface area contributed by atoms with Crippen molar-refractivity contribution in [3.63, 3.8) is 0 Å². The van der Waals surface area contributed by atoms with Crippen LogP contribution in [0.2, 0.25) is 0 Å². The molecule has 15 heavy (non-hydrogen) atoms. The molecule has 0 saturated carbocycles. The van der Waals surface area contributed by atoms with Crippen molar-refractivity contribution in [1.29, 1.82) is 0 Å². The summed E-state index contributed by atoms with van der Waals surface area (Å²) >= 11 is 0. The molecule has 4 heteroatoms. The third-order valence-electron chi connectivity index (χ3n) is 2.55. The van der Waals surface area contributed by atoms with E-state index in [0.29, 0.717) is 6.61 Å². The number of hydrogen-bond donors (Lipinski definition) is 1. The van der Waals surface area contributed by atoms with E-state index in [4.69, 9.17) is 4.74 Å². The zero-order valence-electron chi connectivity index (χ0n) is 9.12. The molecule has 0 fully saturated rings. The maximum atomic E-state index is 5.52. The molecule has 0 atom stereocenters. The van der Waals surface area contributed by atoms with Crippen molar-refractivity contribution < 1.29 is 4.74 Å². The number of aromatic nitrogens is 2. The normalized spacial score (nSPS) is 15.0. The molecule has 1 aromatic rings. The van der Waals surface area contributed by atoms with Gasteiger partial charge in [-0.15, -0.1) is 0 Å². The van der Waals surface area contributed by atoms with Gasteiger partial charge in [0, 0.05) is 37.4 Å². The van der Waals surface area contributed by atoms with Gasteiger partial charge in [-0.05, 0) is 6.42 Å². The van der Waals surface area contributed by atoms with Crippen LogP contribution in [0, 0.1) is 0 Å². The van der Waals surface area contributed by atoms with Crippen LogP contribution in [0.1, 0.15) is 30.3 Å². The third-order valence-corrected chi connectivity index (χ3v) is 2.55. The van der Waals surface area contributed by atoms with Crippen LogP contribution in [-0.4, -0.2) is 23.1 Å². The second-order valence-electron chi connectivity index (χ2n) is 3.72. The molecule has 82 valence electrons. The molecular weight excluding hydrogens is 190 g/mol. The summed E-state index contributed by atoms with van der Waals surface area (Å²) in [5, 5.41) is 3.34. The lowest BCUT2D eigenvalue weighted by Crippen LogP contribution is -2.26. The molecule has 0 bridgehead atoms. The predicted molar refractivity (Wildman–Crippen MR) is 57.4 cm³/mol. The minimum atomic E-state index is 0.611. The lowest BCUT2D eigenvalue weighted by atomic mass is 10.1. The molecule has 0 amide bonds. The Hall–Kier alpha value is -1.00. The highest BCUT2D eigenvalue weighted by molar-refractivity contribution is 5.26. The standard InChI is InChI=1S/C11H17N3O/c1-2-5-15-7-11-9-6-12-4-3-10(9)13-8-14-11/h8,12H,2-7H2,1H3. The Labute approximate surface area is 90.1 Å². The van der Waals surface area contributed by atoms with Crippen molar-refractivity contribution >= 4 is 0 Å². The van der Waals surface area contributed by atoms with Crippen LogP contribution in [0.3, 0.4) is 0 Å². The Kier molecular flexibility index (Phi) is 3.64. The van der Waals surface area contributed by atoms with Crippen LogP contribution in [-0.2, 0) is 24.3 Å². The van der Waals surface area contributed by atoms with Crippen LogP contribution >= 0.6 is 0 Å². The number of nitrogens with one attached hydrogen (secondary N) is 1. The van der Waals surface area contributed by atoms with Crippen molar-refractivity contribution in [1.82, 2.24) is 15.3 Å². The quantitative estimate of drug-likeness (QED) is 0.750. The van der Waals surface area contributed by atoms with Gasteiger partial charge >= 0.3 is 0 Å². The Morgan fingerprint density at radius 2 is 2.40 bits per heavy atom. The van der Waals surface area contributed by atoms with Crippen LogP contribution in [0.5, 0.6) is 0 Å². The molecule has 1 aromatic heterocycles. The van der Waals surface area contributed by atoms with Gasteiger partial charge in [-0.3, -0.25) is 0 Å². The van der Waals surface area contributed by atoms with Crippen LogP contribution < -0.4 is 5.32 Å². The minimum absolute atomic E-state index is 0.611. The van der Waals surface area contributed by atoms with Gasteiger partial charge in [0.15, 0.2) is 0 Å². The van der Waals surface area contributed by atoms with E-state index in [1.807, 2.05) is 0 Å². The average Bonchev–Trinajstić information content (AvgIpc) is 2.30. The highest BCUT2D eigenvalue weighted by atomic mass is 16.5. The second-order valence-corrected chi connectivity index (χ2v) is 3.72. The van der Waals surface area contributed by atoms with Gasteiger partial charge < -0.3 is 10.1 Å². The monoisotopic (exact) mass is 207 g/mol. The molecule has 2 heterocycles. The molecule has 0 aromatic carbocycles. The van der Waals surface area contributed by atoms with E-state index in [0.717, 1.165) is 38.2 Å². The van der Waals surface area contributed by atoms with Crippen molar-refractivity contribution in [3.05, 3.63) is 23.3 Å². The van der Waals surface area contributed by atoms with E-state index in [9.17, 15) is 0 Å². The van der Waals surface area contributed by atoms with Gasteiger partial charge in [0.2, 0.25) is 0 Å². The van der Waals surface area contributed by atoms with Crippen LogP contribution in [0.25, 0.3) is 0 Å². The topological polar surface area (TPSA) is 47.0 Å². The van der Waals surface area contributed by atoms with Crippen molar-refractivity contribution in [3.8, 4) is 0 Å². The predicted octanol–water partition coefficient (Wildman–Crippen LogP) is 1.05. The number of hydrogen-bond acceptors (Lipinski definition) is 4. The first-order chi connectivity index (χ1) is 7.42. The van der Waals surface area contributed by atoms with Gasteiger partial charge in [0.05, 0.1) is 12.3 Å². The lowest BCUT2D eigenvalue weighted by molar-refractivity contribution is 0.118. The zero-order valence-corrected chi connectivity index (χ0v) is 9.12. The fourth-order valence-corrected chi connectivity index (χ4v) is 1.77. The molecule has 1 aliphatic rings. The van der Waals surface area contributed by atoms with E-state index >= 15 is 0 Å². The van der Waals surface area contributed by atoms with Crippen molar-refractivity contribution in [2.24, 2.45) is 0 Å². The van der Waals surface area contributed by atoms with Gasteiger partial charge in [-0.2, -0.15) is 0 Å². The van der Waals surface area contributed by atoms with E-state index < -0.39 is 0 Å². The molecule has 0 aliphatic carbocycles. The summed E-state index contributed by atoms with van der Waals surface area (Å²) in [6.07, 6.45) is 3.69. The molecule has 4 nitrogen and oxygen atoms in total. The van der Waals surface area contributed by atoms with Crippen LogP contribution in [0.15, 0.2) is 6.33 Å². The molecule has 1 N–H and O–H groups in total. The molecule has 0 radical (unpaired) electrons. The van der Waals surface area contributed by atoms with Gasteiger partial charge in [0.1, 0.15) is 6.33 Å². The first-order valence-electron chi connectivity index (χ1n) is 5.52. The maximum Gasteiger partial charge on any atom is 0.116 e. The smallest absolute Gasteiger partial charge is 0.116 e. The van der Waals surface area contributed by atoms with Crippen molar-refractivity contribution in [2.75, 3.05) is 13.2 Å². The first kappa shape index (κ1) is 10.5. The summed E-state index contributed by atoms with van der Waals surface area (Å²) < 4.78 is 5.52. The third kappa shape index (κ3) is 2.52. The molecule has 0 spiro atoms. The SMILES string of the molecule is CCCOCc1ncnc2c1CNCC2. The van der Waals surface area contributed by atoms with E-state index in [1.54, 1.807) is 6.33 Å².